The van der Waals surface area contributed by atoms with Gasteiger partial charge in [-0.25, -0.2) is 9.59 Å². The van der Waals surface area contributed by atoms with E-state index < -0.39 is 11.9 Å². The SMILES string of the molecule is O=C(O)C(=O)O.[H-].[H-].[Li+].[Na+]. The van der Waals surface area contributed by atoms with E-state index in [9.17, 15) is 0 Å². The van der Waals surface area contributed by atoms with E-state index in [-0.39, 0.29) is 51.3 Å². The minimum absolute atomic E-state index is 0. The zero-order chi connectivity index (χ0) is 5.15. The van der Waals surface area contributed by atoms with Gasteiger partial charge in [0.05, 0.1) is 0 Å². The van der Waals surface area contributed by atoms with E-state index in [2.05, 4.69) is 0 Å². The van der Waals surface area contributed by atoms with Crippen LogP contribution in [0.4, 0.5) is 0 Å². The third-order valence-electron chi connectivity index (χ3n) is 0.183. The molecule has 0 fully saturated rings. The Morgan fingerprint density at radius 1 is 1.12 bits per heavy atom. The topological polar surface area (TPSA) is 74.6 Å². The molecule has 0 aromatic heterocycles. The quantitative estimate of drug-likeness (QED) is 0.247. The maximum atomic E-state index is 9.10. The Labute approximate surface area is 82.7 Å². The van der Waals surface area contributed by atoms with Gasteiger partial charge >= 0.3 is 60.4 Å². The van der Waals surface area contributed by atoms with E-state index in [4.69, 9.17) is 19.8 Å². The molecule has 0 rings (SSSR count). The largest absolute Gasteiger partial charge is 1.00 e. The third kappa shape index (κ3) is 9.74. The van der Waals surface area contributed by atoms with Crippen LogP contribution >= 0.6 is 0 Å². The van der Waals surface area contributed by atoms with Crippen molar-refractivity contribution in [3.05, 3.63) is 0 Å². The van der Waals surface area contributed by atoms with Crippen molar-refractivity contribution < 1.29 is 71.1 Å². The summed E-state index contributed by atoms with van der Waals surface area (Å²) in [5, 5.41) is 14.8. The standard InChI is InChI=1S/C2H2O4.Li.Na.2H/c3-1(4)2(5)6;;;;/h(H,3,4)(H,5,6);;;;/q;2*+1;2*-1. The summed E-state index contributed by atoms with van der Waals surface area (Å²) in [5.74, 6) is -3.65. The van der Waals surface area contributed by atoms with Gasteiger partial charge in [-0.2, -0.15) is 0 Å². The van der Waals surface area contributed by atoms with Crippen LogP contribution in [-0.2, 0) is 9.59 Å². The van der Waals surface area contributed by atoms with E-state index in [0.717, 1.165) is 0 Å². The molecule has 38 valence electrons. The Morgan fingerprint density at radius 3 is 1.25 bits per heavy atom. The van der Waals surface area contributed by atoms with Crippen molar-refractivity contribution in [1.82, 2.24) is 0 Å². The molecule has 0 heterocycles. The van der Waals surface area contributed by atoms with Crippen LogP contribution in [0.3, 0.4) is 0 Å². The molecular weight excluding hydrogens is 118 g/mol. The minimum atomic E-state index is -1.82. The van der Waals surface area contributed by atoms with Gasteiger partial charge in [-0.1, -0.05) is 0 Å². The fraction of sp³-hybridized carbons (Fsp3) is 0. The number of aliphatic carboxylic acids is 2. The maximum absolute atomic E-state index is 9.10. The van der Waals surface area contributed by atoms with Crippen LogP contribution in [0.5, 0.6) is 0 Å². The molecule has 0 aromatic rings. The van der Waals surface area contributed by atoms with Crippen molar-refractivity contribution in [1.29, 1.82) is 0 Å². The summed E-state index contributed by atoms with van der Waals surface area (Å²) in [6.45, 7) is 0. The van der Waals surface area contributed by atoms with Gasteiger partial charge in [0.25, 0.3) is 0 Å². The Bertz CT molecular complexity index is 87.3. The van der Waals surface area contributed by atoms with Crippen molar-refractivity contribution >= 4 is 11.9 Å². The van der Waals surface area contributed by atoms with E-state index in [1.54, 1.807) is 0 Å². The number of carboxylic acids is 2. The predicted octanol–water partition coefficient (Wildman–Crippen LogP) is -6.61. The summed E-state index contributed by atoms with van der Waals surface area (Å²) in [6, 6.07) is 0. The molecule has 0 unspecified atom stereocenters. The first-order chi connectivity index (χ1) is 2.64. The van der Waals surface area contributed by atoms with Gasteiger partial charge in [0.1, 0.15) is 0 Å². The van der Waals surface area contributed by atoms with Crippen LogP contribution in [0.25, 0.3) is 0 Å². The molecule has 6 heteroatoms. The van der Waals surface area contributed by atoms with Gasteiger partial charge in [0, 0.05) is 0 Å². The number of rotatable bonds is 0. The monoisotopic (exact) mass is 122 g/mol. The van der Waals surface area contributed by atoms with E-state index in [1.165, 1.54) is 0 Å². The van der Waals surface area contributed by atoms with Crippen LogP contribution in [0.2, 0.25) is 0 Å². The van der Waals surface area contributed by atoms with Gasteiger partial charge in [0.15, 0.2) is 0 Å². The summed E-state index contributed by atoms with van der Waals surface area (Å²) in [6.07, 6.45) is 0. The van der Waals surface area contributed by atoms with Crippen LogP contribution in [0.15, 0.2) is 0 Å². The number of carbonyl (C=O) groups is 2. The summed E-state index contributed by atoms with van der Waals surface area (Å²) in [4.78, 5) is 18.2. The first-order valence-electron chi connectivity index (χ1n) is 1.11. The van der Waals surface area contributed by atoms with Crippen molar-refractivity contribution in [3.63, 3.8) is 0 Å². The summed E-state index contributed by atoms with van der Waals surface area (Å²) < 4.78 is 0. The van der Waals surface area contributed by atoms with Crippen molar-refractivity contribution in [2.75, 3.05) is 0 Å². The molecule has 0 radical (unpaired) electrons. The summed E-state index contributed by atoms with van der Waals surface area (Å²) in [7, 11) is 0. The van der Waals surface area contributed by atoms with Gasteiger partial charge in [-0.05, 0) is 0 Å². The molecule has 0 atom stereocenters. The van der Waals surface area contributed by atoms with Crippen molar-refractivity contribution in [2.24, 2.45) is 0 Å². The minimum Gasteiger partial charge on any atom is -1.00 e. The Balaban J connectivity index is -0.0000000208. The second kappa shape index (κ2) is 7.54. The zero-order valence-corrected chi connectivity index (χ0v) is 6.71. The normalized spacial score (nSPS) is 5.50. The van der Waals surface area contributed by atoms with Crippen molar-refractivity contribution in [2.45, 2.75) is 0 Å². The molecule has 0 spiro atoms. The second-order valence-electron chi connectivity index (χ2n) is 0.610. The van der Waals surface area contributed by atoms with Gasteiger partial charge in [-0.3, -0.25) is 0 Å². The van der Waals surface area contributed by atoms with E-state index >= 15 is 0 Å². The fourth-order valence-electron chi connectivity index (χ4n) is 0. The van der Waals surface area contributed by atoms with Crippen LogP contribution in [0, 0.1) is 0 Å². The molecule has 0 saturated heterocycles. The van der Waals surface area contributed by atoms with Gasteiger partial charge < -0.3 is 13.1 Å². The Morgan fingerprint density at radius 2 is 1.25 bits per heavy atom. The predicted molar refractivity (Wildman–Crippen MR) is 17.5 cm³/mol. The second-order valence-corrected chi connectivity index (χ2v) is 0.610. The molecule has 4 nitrogen and oxygen atoms in total. The molecule has 0 aliphatic carbocycles. The molecule has 2 N–H and O–H groups in total. The van der Waals surface area contributed by atoms with Crippen molar-refractivity contribution in [3.8, 4) is 0 Å². The molecule has 0 saturated carbocycles. The molecule has 8 heavy (non-hydrogen) atoms. The van der Waals surface area contributed by atoms with E-state index in [0.29, 0.717) is 0 Å². The summed E-state index contributed by atoms with van der Waals surface area (Å²) in [5.41, 5.74) is 0. The molecule has 0 aromatic carbocycles. The van der Waals surface area contributed by atoms with Crippen LogP contribution in [-0.4, -0.2) is 22.2 Å². The first kappa shape index (κ1) is 15.8. The summed E-state index contributed by atoms with van der Waals surface area (Å²) >= 11 is 0. The maximum Gasteiger partial charge on any atom is 1.00 e. The van der Waals surface area contributed by atoms with Gasteiger partial charge in [-0.15, -0.1) is 0 Å². The zero-order valence-electron chi connectivity index (χ0n) is 6.71. The molecule has 0 aliphatic heterocycles. The number of hydrogen-bond donors (Lipinski definition) is 2. The third-order valence-corrected chi connectivity index (χ3v) is 0.183. The average molecular weight is 122 g/mol. The van der Waals surface area contributed by atoms with Gasteiger partial charge in [0.2, 0.25) is 0 Å². The average Bonchev–Trinajstić information content (AvgIpc) is 1.36. The molecule has 0 amide bonds. The fourth-order valence-corrected chi connectivity index (χ4v) is 0. The smallest absolute Gasteiger partial charge is 1.00 e. The Hall–Kier alpha value is 0.537. The van der Waals surface area contributed by atoms with Crippen LogP contribution < -0.4 is 48.4 Å². The molecular formula is C2H4LiNaO4. The van der Waals surface area contributed by atoms with Crippen LogP contribution in [0.1, 0.15) is 2.85 Å². The number of carboxylic acid groups (broad SMARTS) is 2. The van der Waals surface area contributed by atoms with E-state index in [1.807, 2.05) is 0 Å². The first-order valence-corrected chi connectivity index (χ1v) is 1.11. The molecule has 0 bridgehead atoms. The Kier molecular flexibility index (Phi) is 14.9. The molecule has 0 aliphatic rings. The number of hydrogen-bond acceptors (Lipinski definition) is 2.